The number of Topliss-reactive ketones (excluding diaryl/α,β-unsaturated/α-hetero) is 1. The third-order valence-electron chi connectivity index (χ3n) is 3.17. The van der Waals surface area contributed by atoms with E-state index in [9.17, 15) is 4.79 Å². The van der Waals surface area contributed by atoms with Crippen molar-refractivity contribution in [1.29, 1.82) is 0 Å². The number of anilines is 2. The van der Waals surface area contributed by atoms with Crippen molar-refractivity contribution < 1.29 is 4.79 Å². The monoisotopic (exact) mass is 300 g/mol. The Hall–Kier alpha value is -0.680. The number of hydrogen-bond donors (Lipinski definition) is 2. The summed E-state index contributed by atoms with van der Waals surface area (Å²) < 4.78 is 0. The summed E-state index contributed by atoms with van der Waals surface area (Å²) in [5.74, 6) is 0.118. The second-order valence-corrected chi connectivity index (χ2v) is 6.72. The molecule has 0 unspecified atom stereocenters. The number of nitrogen functional groups attached to an aromatic ring is 1. The van der Waals surface area contributed by atoms with E-state index in [1.54, 1.807) is 11.8 Å². The lowest BCUT2D eigenvalue weighted by Gasteiger charge is -2.15. The van der Waals surface area contributed by atoms with Gasteiger partial charge in [0.1, 0.15) is 5.00 Å². The number of nitrogens with two attached hydrogens (primary N) is 1. The lowest BCUT2D eigenvalue weighted by atomic mass is 10.1. The minimum atomic E-state index is -0.0170. The molecule has 0 saturated heterocycles. The van der Waals surface area contributed by atoms with Crippen molar-refractivity contribution in [2.45, 2.75) is 51.5 Å². The maximum atomic E-state index is 12.2. The van der Waals surface area contributed by atoms with Crippen molar-refractivity contribution in [3.63, 3.8) is 0 Å². The first kappa shape index (κ1) is 16.4. The Morgan fingerprint density at radius 1 is 1.37 bits per heavy atom. The number of carbonyl (C=O) groups is 1. The van der Waals surface area contributed by atoms with Crippen LogP contribution >= 0.6 is 23.1 Å². The van der Waals surface area contributed by atoms with Gasteiger partial charge in [-0.25, -0.2) is 0 Å². The van der Waals surface area contributed by atoms with Gasteiger partial charge in [0.05, 0.1) is 15.5 Å². The highest BCUT2D eigenvalue weighted by atomic mass is 32.2. The molecule has 0 bridgehead atoms. The van der Waals surface area contributed by atoms with Gasteiger partial charge < -0.3 is 11.1 Å². The number of thiophene rings is 1. The maximum Gasteiger partial charge on any atom is 0.177 e. The minimum absolute atomic E-state index is 0.0170. The Kier molecular flexibility index (Phi) is 6.20. The molecule has 3 nitrogen and oxygen atoms in total. The average molecular weight is 300 g/mol. The van der Waals surface area contributed by atoms with Crippen molar-refractivity contribution in [3.8, 4) is 0 Å². The van der Waals surface area contributed by atoms with E-state index < -0.39 is 0 Å². The molecule has 0 aliphatic rings. The zero-order valence-corrected chi connectivity index (χ0v) is 14.0. The zero-order chi connectivity index (χ0) is 14.6. The van der Waals surface area contributed by atoms with E-state index in [1.165, 1.54) is 11.3 Å². The quantitative estimate of drug-likeness (QED) is 0.575. The number of nitrogens with one attached hydrogen (secondary N) is 1. The largest absolute Gasteiger partial charge is 0.396 e. The molecule has 0 aliphatic carbocycles. The van der Waals surface area contributed by atoms with Gasteiger partial charge in [0, 0.05) is 12.0 Å². The molecule has 1 aromatic rings. The molecule has 0 saturated carbocycles. The highest BCUT2D eigenvalue weighted by molar-refractivity contribution is 7.99. The highest BCUT2D eigenvalue weighted by Gasteiger charge is 2.23. The third kappa shape index (κ3) is 3.66. The molecule has 0 amide bonds. The molecular weight excluding hydrogens is 276 g/mol. The van der Waals surface area contributed by atoms with Crippen LogP contribution in [0.3, 0.4) is 0 Å². The fourth-order valence-corrected chi connectivity index (χ4v) is 4.04. The SMILES string of the molecule is CCC(CC)Nc1sc(C(=O)C(C)C)c(N)c1SC. The zero-order valence-electron chi connectivity index (χ0n) is 12.4. The van der Waals surface area contributed by atoms with Crippen LogP contribution in [-0.4, -0.2) is 18.1 Å². The van der Waals surface area contributed by atoms with Gasteiger partial charge in [-0.2, -0.15) is 0 Å². The molecule has 3 N–H and O–H groups in total. The van der Waals surface area contributed by atoms with Crippen LogP contribution in [0.15, 0.2) is 4.90 Å². The Balaban J connectivity index is 3.12. The number of ketones is 1. The summed E-state index contributed by atoms with van der Waals surface area (Å²) in [6.45, 7) is 8.15. The lowest BCUT2D eigenvalue weighted by Crippen LogP contribution is -2.16. The molecule has 5 heteroatoms. The molecule has 1 aromatic heterocycles. The standard InChI is InChI=1S/C14H24N2OS2/c1-6-9(7-2)16-14-13(18-5)10(15)12(19-14)11(17)8(3)4/h8-9,16H,6-7,15H2,1-5H3. The molecule has 1 rings (SSSR count). The summed E-state index contributed by atoms with van der Waals surface area (Å²) in [7, 11) is 0. The Labute approximate surface area is 124 Å². The van der Waals surface area contributed by atoms with E-state index in [2.05, 4.69) is 19.2 Å². The van der Waals surface area contributed by atoms with E-state index in [0.29, 0.717) is 16.6 Å². The molecule has 108 valence electrons. The van der Waals surface area contributed by atoms with Gasteiger partial charge in [0.25, 0.3) is 0 Å². The van der Waals surface area contributed by atoms with Gasteiger partial charge in [-0.15, -0.1) is 23.1 Å². The fourth-order valence-electron chi connectivity index (χ4n) is 1.85. The van der Waals surface area contributed by atoms with Crippen molar-refractivity contribution in [2.24, 2.45) is 5.92 Å². The average Bonchev–Trinajstić information content (AvgIpc) is 2.70. The Morgan fingerprint density at radius 3 is 2.37 bits per heavy atom. The summed E-state index contributed by atoms with van der Waals surface area (Å²) in [5.41, 5.74) is 6.78. The molecule has 0 spiro atoms. The van der Waals surface area contributed by atoms with Crippen molar-refractivity contribution in [2.75, 3.05) is 17.3 Å². The lowest BCUT2D eigenvalue weighted by molar-refractivity contribution is 0.0944. The summed E-state index contributed by atoms with van der Waals surface area (Å²) in [6, 6.07) is 0.436. The summed E-state index contributed by atoms with van der Waals surface area (Å²) in [5, 5.41) is 4.56. The first-order valence-corrected chi connectivity index (χ1v) is 8.77. The van der Waals surface area contributed by atoms with Gasteiger partial charge in [-0.3, -0.25) is 4.79 Å². The number of carbonyl (C=O) groups excluding carboxylic acids is 1. The molecule has 0 radical (unpaired) electrons. The first-order chi connectivity index (χ1) is 8.96. The van der Waals surface area contributed by atoms with Gasteiger partial charge in [-0.1, -0.05) is 27.7 Å². The van der Waals surface area contributed by atoms with E-state index in [4.69, 9.17) is 5.73 Å². The molecule has 0 fully saturated rings. The normalized spacial score (nSPS) is 11.3. The van der Waals surface area contributed by atoms with Gasteiger partial charge in [0.15, 0.2) is 5.78 Å². The van der Waals surface area contributed by atoms with Crippen LogP contribution in [0.4, 0.5) is 10.7 Å². The predicted molar refractivity (Wildman–Crippen MR) is 87.7 cm³/mol. The van der Waals surface area contributed by atoms with E-state index in [1.807, 2.05) is 20.1 Å². The van der Waals surface area contributed by atoms with Crippen LogP contribution in [-0.2, 0) is 0 Å². The molecule has 0 aliphatic heterocycles. The second kappa shape index (κ2) is 7.20. The van der Waals surface area contributed by atoms with Crippen molar-refractivity contribution >= 4 is 39.6 Å². The highest BCUT2D eigenvalue weighted by Crippen LogP contribution is 2.43. The predicted octanol–water partition coefficient (Wildman–Crippen LogP) is 4.49. The van der Waals surface area contributed by atoms with Crippen LogP contribution in [0.25, 0.3) is 0 Å². The smallest absolute Gasteiger partial charge is 0.177 e. The Morgan fingerprint density at radius 2 is 1.95 bits per heavy atom. The van der Waals surface area contributed by atoms with Gasteiger partial charge >= 0.3 is 0 Å². The van der Waals surface area contributed by atoms with Crippen LogP contribution in [0.1, 0.15) is 50.2 Å². The van der Waals surface area contributed by atoms with E-state index >= 15 is 0 Å². The van der Waals surface area contributed by atoms with E-state index in [0.717, 1.165) is 22.7 Å². The van der Waals surface area contributed by atoms with Crippen LogP contribution in [0, 0.1) is 5.92 Å². The number of rotatable bonds is 7. The van der Waals surface area contributed by atoms with Crippen LogP contribution in [0.5, 0.6) is 0 Å². The summed E-state index contributed by atoms with van der Waals surface area (Å²) in [6.07, 6.45) is 4.13. The molecule has 1 heterocycles. The topological polar surface area (TPSA) is 55.1 Å². The molecule has 0 aromatic carbocycles. The summed E-state index contributed by atoms with van der Waals surface area (Å²) in [4.78, 5) is 13.9. The Bertz CT molecular complexity index is 437. The third-order valence-corrected chi connectivity index (χ3v) is 5.29. The van der Waals surface area contributed by atoms with Crippen LogP contribution in [0.2, 0.25) is 0 Å². The molecular formula is C14H24N2OS2. The molecule has 0 atom stereocenters. The van der Waals surface area contributed by atoms with Gasteiger partial charge in [-0.05, 0) is 19.1 Å². The van der Waals surface area contributed by atoms with Crippen molar-refractivity contribution in [3.05, 3.63) is 4.88 Å². The second-order valence-electron chi connectivity index (χ2n) is 4.88. The van der Waals surface area contributed by atoms with Crippen molar-refractivity contribution in [1.82, 2.24) is 0 Å². The number of hydrogen-bond acceptors (Lipinski definition) is 5. The number of thioether (sulfide) groups is 1. The molecule has 19 heavy (non-hydrogen) atoms. The van der Waals surface area contributed by atoms with Gasteiger partial charge in [0.2, 0.25) is 0 Å². The van der Waals surface area contributed by atoms with E-state index in [-0.39, 0.29) is 11.7 Å². The summed E-state index contributed by atoms with van der Waals surface area (Å²) >= 11 is 3.11. The minimum Gasteiger partial charge on any atom is -0.396 e. The maximum absolute atomic E-state index is 12.2. The van der Waals surface area contributed by atoms with Crippen LogP contribution < -0.4 is 11.1 Å². The first-order valence-electron chi connectivity index (χ1n) is 6.73. The fraction of sp³-hybridized carbons (Fsp3) is 0.643.